The Labute approximate surface area is 200 Å². The fraction of sp³-hybridized carbons (Fsp3) is 0.444. The van der Waals surface area contributed by atoms with E-state index in [9.17, 15) is 19.5 Å². The summed E-state index contributed by atoms with van der Waals surface area (Å²) in [6.07, 6.45) is 0.798. The second-order valence-electron chi connectivity index (χ2n) is 9.97. The maximum atomic E-state index is 12.4. The minimum atomic E-state index is -1.05. The molecular formula is C27H34N2O5. The van der Waals surface area contributed by atoms with Crippen LogP contribution in [0.5, 0.6) is 0 Å². The summed E-state index contributed by atoms with van der Waals surface area (Å²) in [5.41, 5.74) is 4.09. The molecule has 182 valence electrons. The van der Waals surface area contributed by atoms with Gasteiger partial charge < -0.3 is 20.5 Å². The molecule has 0 fully saturated rings. The highest BCUT2D eigenvalue weighted by Crippen LogP contribution is 2.44. The predicted molar refractivity (Wildman–Crippen MR) is 131 cm³/mol. The van der Waals surface area contributed by atoms with Gasteiger partial charge in [0.05, 0.1) is 0 Å². The first-order valence-electron chi connectivity index (χ1n) is 11.7. The quantitative estimate of drug-likeness (QED) is 0.497. The van der Waals surface area contributed by atoms with Crippen molar-refractivity contribution in [2.24, 2.45) is 5.41 Å². The fourth-order valence-corrected chi connectivity index (χ4v) is 4.36. The van der Waals surface area contributed by atoms with E-state index in [0.717, 1.165) is 11.1 Å². The molecule has 0 saturated heterocycles. The molecule has 0 bridgehead atoms. The number of rotatable bonds is 9. The molecule has 0 aliphatic heterocycles. The van der Waals surface area contributed by atoms with Gasteiger partial charge in [-0.05, 0) is 47.4 Å². The van der Waals surface area contributed by atoms with Gasteiger partial charge in [-0.2, -0.15) is 0 Å². The molecule has 2 atom stereocenters. The zero-order chi connectivity index (χ0) is 24.9. The van der Waals surface area contributed by atoms with Gasteiger partial charge in [0.2, 0.25) is 5.91 Å². The van der Waals surface area contributed by atoms with Crippen molar-refractivity contribution in [3.8, 4) is 11.1 Å². The van der Waals surface area contributed by atoms with Crippen LogP contribution < -0.4 is 10.6 Å². The zero-order valence-corrected chi connectivity index (χ0v) is 20.3. The van der Waals surface area contributed by atoms with Crippen molar-refractivity contribution in [1.29, 1.82) is 0 Å². The van der Waals surface area contributed by atoms with Crippen LogP contribution in [0.3, 0.4) is 0 Å². The summed E-state index contributed by atoms with van der Waals surface area (Å²) in [6.45, 7) is 7.41. The van der Waals surface area contributed by atoms with Gasteiger partial charge in [-0.25, -0.2) is 9.59 Å². The number of benzene rings is 2. The molecule has 7 nitrogen and oxygen atoms in total. The first-order chi connectivity index (χ1) is 16.1. The zero-order valence-electron chi connectivity index (χ0n) is 20.3. The number of carboxylic acids is 1. The molecule has 2 unspecified atom stereocenters. The lowest BCUT2D eigenvalue weighted by Gasteiger charge is -2.27. The highest BCUT2D eigenvalue weighted by Gasteiger charge is 2.32. The molecule has 0 aromatic heterocycles. The number of ether oxygens (including phenoxy) is 1. The van der Waals surface area contributed by atoms with Gasteiger partial charge in [0.25, 0.3) is 0 Å². The van der Waals surface area contributed by atoms with Crippen LogP contribution in [0.4, 0.5) is 4.79 Å². The highest BCUT2D eigenvalue weighted by molar-refractivity contribution is 5.84. The molecule has 1 aliphatic rings. The summed E-state index contributed by atoms with van der Waals surface area (Å²) in [5, 5.41) is 14.7. The maximum absolute atomic E-state index is 12.4. The van der Waals surface area contributed by atoms with E-state index in [4.69, 9.17) is 4.74 Å². The molecule has 2 amide bonds. The number of hydrogen-bond acceptors (Lipinski definition) is 4. The molecule has 0 saturated carbocycles. The number of carbonyl (C=O) groups excluding carboxylic acids is 2. The van der Waals surface area contributed by atoms with E-state index >= 15 is 0 Å². The molecule has 0 spiro atoms. The number of amides is 2. The van der Waals surface area contributed by atoms with Crippen molar-refractivity contribution in [1.82, 2.24) is 10.6 Å². The van der Waals surface area contributed by atoms with Crippen molar-refractivity contribution < 1.29 is 24.2 Å². The van der Waals surface area contributed by atoms with Crippen molar-refractivity contribution in [2.75, 3.05) is 6.61 Å². The van der Waals surface area contributed by atoms with Crippen molar-refractivity contribution in [2.45, 2.75) is 65.0 Å². The summed E-state index contributed by atoms with van der Waals surface area (Å²) < 4.78 is 5.56. The van der Waals surface area contributed by atoms with Gasteiger partial charge in [-0.1, -0.05) is 69.3 Å². The first-order valence-corrected chi connectivity index (χ1v) is 11.7. The van der Waals surface area contributed by atoms with Gasteiger partial charge in [0.1, 0.15) is 12.6 Å². The SMILES string of the molecule is CC(CCCC(=O)NC(C(=O)O)C(C)(C)C)NC(=O)OCC1c2ccccc2-c2ccccc21. The van der Waals surface area contributed by atoms with E-state index < -0.39 is 23.5 Å². The van der Waals surface area contributed by atoms with Crippen LogP contribution in [-0.4, -0.2) is 41.8 Å². The van der Waals surface area contributed by atoms with E-state index in [-0.39, 0.29) is 30.9 Å². The van der Waals surface area contributed by atoms with Gasteiger partial charge in [0.15, 0.2) is 0 Å². The number of aliphatic carboxylic acids is 1. The molecule has 7 heteroatoms. The number of fused-ring (bicyclic) bond motifs is 3. The van der Waals surface area contributed by atoms with Crippen molar-refractivity contribution >= 4 is 18.0 Å². The number of carboxylic acid groups (broad SMARTS) is 1. The summed E-state index contributed by atoms with van der Waals surface area (Å²) >= 11 is 0. The van der Waals surface area contributed by atoms with Crippen LogP contribution in [0.15, 0.2) is 48.5 Å². The van der Waals surface area contributed by atoms with Crippen LogP contribution in [0.1, 0.15) is 64.0 Å². The third-order valence-corrected chi connectivity index (χ3v) is 6.17. The molecule has 0 radical (unpaired) electrons. The Morgan fingerprint density at radius 3 is 2.06 bits per heavy atom. The number of nitrogens with one attached hydrogen (secondary N) is 2. The summed E-state index contributed by atoms with van der Waals surface area (Å²) in [7, 11) is 0. The third-order valence-electron chi connectivity index (χ3n) is 6.17. The lowest BCUT2D eigenvalue weighted by Crippen LogP contribution is -2.49. The van der Waals surface area contributed by atoms with Gasteiger partial charge in [0, 0.05) is 18.4 Å². The topological polar surface area (TPSA) is 105 Å². The average Bonchev–Trinajstić information content (AvgIpc) is 3.09. The van der Waals surface area contributed by atoms with Gasteiger partial charge in [-0.15, -0.1) is 0 Å². The van der Waals surface area contributed by atoms with Crippen LogP contribution in [0.2, 0.25) is 0 Å². The molecule has 34 heavy (non-hydrogen) atoms. The summed E-state index contributed by atoms with van der Waals surface area (Å²) in [4.78, 5) is 36.0. The van der Waals surface area contributed by atoms with Crippen LogP contribution in [0.25, 0.3) is 11.1 Å². The maximum Gasteiger partial charge on any atom is 0.407 e. The largest absolute Gasteiger partial charge is 0.480 e. The van der Waals surface area contributed by atoms with Crippen LogP contribution >= 0.6 is 0 Å². The lowest BCUT2D eigenvalue weighted by molar-refractivity contribution is -0.145. The van der Waals surface area contributed by atoms with Crippen molar-refractivity contribution in [3.63, 3.8) is 0 Å². The number of hydrogen-bond donors (Lipinski definition) is 3. The Bertz CT molecular complexity index is 998. The molecule has 2 aromatic carbocycles. The Kier molecular flexibility index (Phi) is 7.97. The highest BCUT2D eigenvalue weighted by atomic mass is 16.5. The number of carbonyl (C=O) groups is 3. The Morgan fingerprint density at radius 2 is 1.53 bits per heavy atom. The van der Waals surface area contributed by atoms with E-state index in [1.54, 1.807) is 20.8 Å². The second kappa shape index (κ2) is 10.7. The normalized spacial score (nSPS) is 14.5. The average molecular weight is 467 g/mol. The second-order valence-corrected chi connectivity index (χ2v) is 9.97. The van der Waals surface area contributed by atoms with Crippen molar-refractivity contribution in [3.05, 3.63) is 59.7 Å². The third kappa shape index (κ3) is 6.16. The minimum Gasteiger partial charge on any atom is -0.480 e. The molecule has 3 rings (SSSR count). The summed E-state index contributed by atoms with van der Waals surface area (Å²) in [6, 6.07) is 15.2. The van der Waals surface area contributed by atoms with Crippen LogP contribution in [-0.2, 0) is 14.3 Å². The summed E-state index contributed by atoms with van der Waals surface area (Å²) in [5.74, 6) is -1.36. The Morgan fingerprint density at radius 1 is 0.971 bits per heavy atom. The van der Waals surface area contributed by atoms with Gasteiger partial charge in [-0.3, -0.25) is 4.79 Å². The van der Waals surface area contributed by atoms with E-state index in [2.05, 4.69) is 34.9 Å². The van der Waals surface area contributed by atoms with Crippen LogP contribution in [0, 0.1) is 5.41 Å². The van der Waals surface area contributed by atoms with Gasteiger partial charge >= 0.3 is 12.1 Å². The molecule has 1 aliphatic carbocycles. The molecular weight excluding hydrogens is 432 g/mol. The van der Waals surface area contributed by atoms with E-state index in [1.165, 1.54) is 11.1 Å². The molecule has 3 N–H and O–H groups in total. The Balaban J connectivity index is 1.44. The number of alkyl carbamates (subject to hydrolysis) is 1. The minimum absolute atomic E-state index is 0.00199. The molecule has 2 aromatic rings. The smallest absolute Gasteiger partial charge is 0.407 e. The standard InChI is InChI=1S/C27H34N2O5/c1-17(10-9-15-23(30)29-24(25(31)32)27(2,3)4)28-26(33)34-16-22-20-13-7-5-11-18(20)19-12-6-8-14-21(19)22/h5-8,11-14,17,22,24H,9-10,15-16H2,1-4H3,(H,28,33)(H,29,30)(H,31,32). The molecule has 0 heterocycles. The monoisotopic (exact) mass is 466 g/mol. The fourth-order valence-electron chi connectivity index (χ4n) is 4.36. The Hall–Kier alpha value is -3.35. The first kappa shape index (κ1) is 25.3. The predicted octanol–water partition coefficient (Wildman–Crippen LogP) is 4.70. The van der Waals surface area contributed by atoms with E-state index in [0.29, 0.717) is 12.8 Å². The lowest BCUT2D eigenvalue weighted by atomic mass is 9.86. The van der Waals surface area contributed by atoms with E-state index in [1.807, 2.05) is 31.2 Å².